The van der Waals surface area contributed by atoms with E-state index in [-0.39, 0.29) is 24.9 Å². The van der Waals surface area contributed by atoms with Gasteiger partial charge in [-0.3, -0.25) is 14.2 Å². The molecule has 0 saturated carbocycles. The van der Waals surface area contributed by atoms with Crippen LogP contribution < -0.4 is 10.2 Å². The van der Waals surface area contributed by atoms with E-state index >= 15 is 0 Å². The maximum atomic E-state index is 13.6. The molecular weight excluding hydrogens is 1070 g/mol. The number of amides is 1. The molecule has 0 aromatic rings. The van der Waals surface area contributed by atoms with Gasteiger partial charge in [0.25, 0.3) is 7.82 Å². The minimum Gasteiger partial charge on any atom is -0.756 e. The van der Waals surface area contributed by atoms with Crippen LogP contribution >= 0.6 is 7.82 Å². The summed E-state index contributed by atoms with van der Waals surface area (Å²) in [6.07, 6.45) is 86.6. The lowest BCUT2D eigenvalue weighted by molar-refractivity contribution is -0.870. The molecule has 0 fully saturated rings. The first-order valence-electron chi connectivity index (χ1n) is 35.5. The van der Waals surface area contributed by atoms with Gasteiger partial charge in [-0.1, -0.05) is 285 Å². The lowest BCUT2D eigenvalue weighted by Gasteiger charge is -2.30. The number of allylic oxidation sites excluding steroid dienone is 15. The Morgan fingerprint density at radius 3 is 1.09 bits per heavy atom. The van der Waals surface area contributed by atoms with Gasteiger partial charge >= 0.3 is 5.97 Å². The second kappa shape index (κ2) is 63.9. The van der Waals surface area contributed by atoms with E-state index in [0.717, 1.165) is 116 Å². The zero-order chi connectivity index (χ0) is 62.1. The van der Waals surface area contributed by atoms with Crippen molar-refractivity contribution in [1.29, 1.82) is 0 Å². The molecule has 0 aliphatic carbocycles. The number of unbranched alkanes of at least 4 members (excludes halogenated alkanes) is 34. The number of nitrogens with zero attached hydrogens (tertiary/aromatic N) is 1. The number of carbonyl (C=O) groups is 2. The van der Waals surface area contributed by atoms with Crippen molar-refractivity contribution < 1.29 is 37.3 Å². The van der Waals surface area contributed by atoms with E-state index in [9.17, 15) is 19.0 Å². The molecule has 0 saturated heterocycles. The molecule has 0 spiro atoms. The van der Waals surface area contributed by atoms with Crippen molar-refractivity contribution in [2.24, 2.45) is 0 Å². The summed E-state index contributed by atoms with van der Waals surface area (Å²) in [6.45, 7) is 6.80. The van der Waals surface area contributed by atoms with Gasteiger partial charge in [0, 0.05) is 12.8 Å². The Kier molecular flexibility index (Phi) is 61.6. The smallest absolute Gasteiger partial charge is 0.306 e. The van der Waals surface area contributed by atoms with Crippen LogP contribution in [0.3, 0.4) is 0 Å². The molecular formula is C75H135N2O7P. The largest absolute Gasteiger partial charge is 0.756 e. The first-order valence-corrected chi connectivity index (χ1v) is 37.0. The first-order chi connectivity index (χ1) is 41.4. The molecule has 9 nitrogen and oxygen atoms in total. The normalized spacial score (nSPS) is 14.1. The number of ether oxygens (including phenoxy) is 1. The predicted molar refractivity (Wildman–Crippen MR) is 367 cm³/mol. The van der Waals surface area contributed by atoms with Gasteiger partial charge in [-0.15, -0.1) is 0 Å². The lowest BCUT2D eigenvalue weighted by Crippen LogP contribution is -2.47. The van der Waals surface area contributed by atoms with E-state index in [1.807, 2.05) is 33.3 Å². The Balaban J connectivity index is 5.15. The molecule has 3 atom stereocenters. The second-order valence-electron chi connectivity index (χ2n) is 25.0. The summed E-state index contributed by atoms with van der Waals surface area (Å²) in [5.41, 5.74) is 0. The Hall–Kier alpha value is -3.07. The molecule has 10 heteroatoms. The number of quaternary nitrogens is 1. The third-order valence-electron chi connectivity index (χ3n) is 15.5. The van der Waals surface area contributed by atoms with E-state index in [2.05, 4.69) is 111 Å². The summed E-state index contributed by atoms with van der Waals surface area (Å²) in [6, 6.07) is -0.901. The van der Waals surface area contributed by atoms with Crippen LogP contribution in [0.5, 0.6) is 0 Å². The van der Waals surface area contributed by atoms with Crippen molar-refractivity contribution in [2.75, 3.05) is 40.9 Å². The Labute approximate surface area is 526 Å². The molecule has 0 bridgehead atoms. The topological polar surface area (TPSA) is 114 Å². The zero-order valence-corrected chi connectivity index (χ0v) is 57.2. The van der Waals surface area contributed by atoms with Gasteiger partial charge in [-0.2, -0.15) is 0 Å². The van der Waals surface area contributed by atoms with Crippen LogP contribution in [0.2, 0.25) is 0 Å². The summed E-state index contributed by atoms with van der Waals surface area (Å²) in [5, 5.41) is 3.04. The highest BCUT2D eigenvalue weighted by Gasteiger charge is 2.27. The number of nitrogens with one attached hydrogen (secondary N) is 1. The standard InChI is InChI=1S/C75H135N2O7P/c1-7-10-13-16-19-22-25-28-30-32-34-36-37-38-39-41-42-44-46-49-52-55-58-61-64-67-74(78)76-72(71-83-85(80,81)82-70-69-77(4,5)6)73(66-63-60-57-54-51-48-27-24-21-18-15-12-9-3)84-75(79)68-65-62-59-56-53-50-47-45-43-40-35-33-31-29-26-23-20-17-14-11-8-2/h19-20,22-23,28-31,34-36,38-40,63,66,72-73H,7-18,21,24-27,32-33,37,41-62,64-65,67-71H2,1-6H3,(H-,76,78,80,81)/b22-19-,23-20-,30-28-,31-29-,36-34-,39-38-,40-35-,66-63-. The number of phosphoric acid groups is 1. The van der Waals surface area contributed by atoms with Crippen molar-refractivity contribution in [3.63, 3.8) is 0 Å². The summed E-state index contributed by atoms with van der Waals surface area (Å²) in [5.74, 6) is -0.552. The van der Waals surface area contributed by atoms with Crippen molar-refractivity contribution >= 4 is 19.7 Å². The molecule has 85 heavy (non-hydrogen) atoms. The zero-order valence-electron chi connectivity index (χ0n) is 56.3. The average molecular weight is 1210 g/mol. The van der Waals surface area contributed by atoms with Crippen molar-refractivity contribution in [3.05, 3.63) is 97.2 Å². The maximum absolute atomic E-state index is 13.6. The van der Waals surface area contributed by atoms with Crippen molar-refractivity contribution in [1.82, 2.24) is 5.32 Å². The second-order valence-corrected chi connectivity index (χ2v) is 26.4. The lowest BCUT2D eigenvalue weighted by atomic mass is 10.0. The van der Waals surface area contributed by atoms with Crippen LogP contribution in [0.1, 0.15) is 316 Å². The van der Waals surface area contributed by atoms with E-state index in [0.29, 0.717) is 17.4 Å². The quantitative estimate of drug-likeness (QED) is 0.0212. The predicted octanol–water partition coefficient (Wildman–Crippen LogP) is 22.0. The fraction of sp³-hybridized carbons (Fsp3) is 0.760. The monoisotopic (exact) mass is 1210 g/mol. The van der Waals surface area contributed by atoms with Gasteiger partial charge in [0.15, 0.2) is 0 Å². The molecule has 1 amide bonds. The molecule has 0 aromatic heterocycles. The number of rotatable bonds is 64. The van der Waals surface area contributed by atoms with E-state index in [1.54, 1.807) is 0 Å². The summed E-state index contributed by atoms with van der Waals surface area (Å²) in [7, 11) is 1.17. The van der Waals surface area contributed by atoms with E-state index < -0.39 is 26.6 Å². The van der Waals surface area contributed by atoms with Gasteiger partial charge in [0.05, 0.1) is 33.8 Å². The molecule has 0 rings (SSSR count). The van der Waals surface area contributed by atoms with Gasteiger partial charge in [0.1, 0.15) is 19.3 Å². The molecule has 3 unspecified atom stereocenters. The summed E-state index contributed by atoms with van der Waals surface area (Å²) >= 11 is 0. The Bertz CT molecular complexity index is 1780. The number of hydrogen-bond donors (Lipinski definition) is 1. The van der Waals surface area contributed by atoms with E-state index in [4.69, 9.17) is 13.8 Å². The van der Waals surface area contributed by atoms with Crippen LogP contribution in [0.15, 0.2) is 97.2 Å². The fourth-order valence-corrected chi connectivity index (χ4v) is 10.7. The van der Waals surface area contributed by atoms with Gasteiger partial charge < -0.3 is 28.5 Å². The minimum absolute atomic E-state index is 0.0286. The molecule has 0 aromatic carbocycles. The van der Waals surface area contributed by atoms with Crippen LogP contribution in [-0.2, 0) is 27.9 Å². The third kappa shape index (κ3) is 65.2. The molecule has 0 aliphatic heterocycles. The summed E-state index contributed by atoms with van der Waals surface area (Å²) < 4.78 is 30.5. The van der Waals surface area contributed by atoms with Gasteiger partial charge in [-0.05, 0) is 115 Å². The number of phosphoric ester groups is 1. The molecule has 0 aliphatic rings. The van der Waals surface area contributed by atoms with Crippen molar-refractivity contribution in [3.8, 4) is 0 Å². The fourth-order valence-electron chi connectivity index (χ4n) is 9.98. The minimum atomic E-state index is -4.71. The highest BCUT2D eigenvalue weighted by Crippen LogP contribution is 2.38. The third-order valence-corrected chi connectivity index (χ3v) is 16.5. The number of likely N-dealkylation sites (N-methyl/N-ethyl adjacent to an activating group) is 1. The maximum Gasteiger partial charge on any atom is 0.306 e. The molecule has 492 valence electrons. The van der Waals surface area contributed by atoms with Gasteiger partial charge in [0.2, 0.25) is 5.91 Å². The highest BCUT2D eigenvalue weighted by molar-refractivity contribution is 7.45. The van der Waals surface area contributed by atoms with Crippen LogP contribution in [0.25, 0.3) is 0 Å². The Morgan fingerprint density at radius 1 is 0.412 bits per heavy atom. The SMILES string of the molecule is CCCCC/C=C\C/C=C\C/C=C\C/C=C\CCCCCCCCCCCC(=O)NC(COP(=O)([O-])OCC[N+](C)(C)C)C(/C=C\CCCCCCCCCCCCC)OC(=O)CCCCCCCCCC/C=C\C/C=C\C/C=C\CCCCC. The molecule has 1 N–H and O–H groups in total. The average Bonchev–Trinajstić information content (AvgIpc) is 3.64. The first kappa shape index (κ1) is 81.9. The van der Waals surface area contributed by atoms with E-state index in [1.165, 1.54) is 167 Å². The van der Waals surface area contributed by atoms with Crippen LogP contribution in [-0.4, -0.2) is 69.4 Å². The number of carbonyl (C=O) groups excluding carboxylic acids is 2. The van der Waals surface area contributed by atoms with Crippen LogP contribution in [0, 0.1) is 0 Å². The number of hydrogen-bond acceptors (Lipinski definition) is 7. The summed E-state index contributed by atoms with van der Waals surface area (Å²) in [4.78, 5) is 40.2. The van der Waals surface area contributed by atoms with Gasteiger partial charge in [-0.25, -0.2) is 0 Å². The molecule has 0 radical (unpaired) electrons. The molecule has 0 heterocycles. The highest BCUT2D eigenvalue weighted by atomic mass is 31.2. The van der Waals surface area contributed by atoms with Crippen LogP contribution in [0.4, 0.5) is 0 Å². The van der Waals surface area contributed by atoms with Crippen molar-refractivity contribution in [2.45, 2.75) is 328 Å². The Morgan fingerprint density at radius 2 is 0.718 bits per heavy atom. The number of esters is 1.